The summed E-state index contributed by atoms with van der Waals surface area (Å²) >= 11 is 0. The number of piperazine rings is 1. The smallest absolute Gasteiger partial charge is 0.251 e. The number of halogens is 2. The Morgan fingerprint density at radius 3 is 2.44 bits per heavy atom. The lowest BCUT2D eigenvalue weighted by molar-refractivity contribution is 0.0922. The number of rotatable bonds is 7. The van der Waals surface area contributed by atoms with E-state index in [1.165, 1.54) is 6.07 Å². The molecule has 1 atom stereocenters. The van der Waals surface area contributed by atoms with Gasteiger partial charge >= 0.3 is 0 Å². The van der Waals surface area contributed by atoms with Gasteiger partial charge in [0.25, 0.3) is 5.91 Å². The summed E-state index contributed by atoms with van der Waals surface area (Å²) in [6.45, 7) is 3.48. The van der Waals surface area contributed by atoms with Crippen LogP contribution in [0.4, 0.5) is 14.5 Å². The Bertz CT molecular complexity index is 1030. The predicted molar refractivity (Wildman–Crippen MR) is 117 cm³/mol. The highest BCUT2D eigenvalue weighted by atomic mass is 19.2. The van der Waals surface area contributed by atoms with Crippen LogP contribution in [0.15, 0.2) is 65.3 Å². The van der Waals surface area contributed by atoms with Gasteiger partial charge in [0.15, 0.2) is 11.6 Å². The first-order valence-electron chi connectivity index (χ1n) is 10.4. The van der Waals surface area contributed by atoms with Crippen molar-refractivity contribution in [1.29, 1.82) is 0 Å². The molecule has 1 N–H and O–H groups in total. The number of hydrogen-bond donors (Lipinski definition) is 1. The van der Waals surface area contributed by atoms with Crippen molar-refractivity contribution in [3.8, 4) is 5.75 Å². The number of furan rings is 1. The van der Waals surface area contributed by atoms with Crippen molar-refractivity contribution < 1.29 is 22.7 Å². The highest BCUT2D eigenvalue weighted by molar-refractivity contribution is 5.94. The van der Waals surface area contributed by atoms with Gasteiger partial charge in [-0.2, -0.15) is 0 Å². The molecule has 2 aromatic carbocycles. The molecular formula is C24H25F2N3O3. The SMILES string of the molecule is COc1ccc(N2CCN([C@H](CNC(=O)c3ccc(F)c(F)c3)c3ccco3)CC2)cc1. The molecule has 1 aliphatic heterocycles. The number of ether oxygens (including phenoxy) is 1. The summed E-state index contributed by atoms with van der Waals surface area (Å²) in [5, 5.41) is 2.83. The number of benzene rings is 2. The van der Waals surface area contributed by atoms with E-state index in [4.69, 9.17) is 9.15 Å². The van der Waals surface area contributed by atoms with Crippen molar-refractivity contribution in [1.82, 2.24) is 10.2 Å². The molecule has 4 rings (SSSR count). The summed E-state index contributed by atoms with van der Waals surface area (Å²) in [4.78, 5) is 17.0. The van der Waals surface area contributed by atoms with Crippen LogP contribution in [0.1, 0.15) is 22.2 Å². The van der Waals surface area contributed by atoms with Gasteiger partial charge in [-0.05, 0) is 54.6 Å². The number of nitrogens with zero attached hydrogens (tertiary/aromatic N) is 2. The van der Waals surface area contributed by atoms with Gasteiger partial charge in [-0.1, -0.05) is 0 Å². The third-order valence-electron chi connectivity index (χ3n) is 5.70. The van der Waals surface area contributed by atoms with Crippen LogP contribution in [-0.4, -0.2) is 50.6 Å². The van der Waals surface area contributed by atoms with Crippen LogP contribution in [0.2, 0.25) is 0 Å². The molecule has 0 unspecified atom stereocenters. The maximum Gasteiger partial charge on any atom is 0.251 e. The minimum absolute atomic E-state index is 0.0754. The first-order valence-corrected chi connectivity index (χ1v) is 10.4. The molecule has 0 aliphatic carbocycles. The summed E-state index contributed by atoms with van der Waals surface area (Å²) in [6, 6.07) is 14.6. The first-order chi connectivity index (χ1) is 15.5. The van der Waals surface area contributed by atoms with Gasteiger partial charge in [0, 0.05) is 44.0 Å². The van der Waals surface area contributed by atoms with Gasteiger partial charge in [0.2, 0.25) is 0 Å². The Labute approximate surface area is 185 Å². The molecule has 0 bridgehead atoms. The lowest BCUT2D eigenvalue weighted by Gasteiger charge is -2.39. The first kappa shape index (κ1) is 21.8. The van der Waals surface area contributed by atoms with Gasteiger partial charge in [-0.3, -0.25) is 9.69 Å². The average molecular weight is 441 g/mol. The van der Waals surface area contributed by atoms with E-state index in [1.807, 2.05) is 36.4 Å². The zero-order valence-corrected chi connectivity index (χ0v) is 17.8. The second-order valence-electron chi connectivity index (χ2n) is 7.59. The van der Waals surface area contributed by atoms with E-state index in [1.54, 1.807) is 13.4 Å². The number of carbonyl (C=O) groups is 1. The molecule has 1 aromatic heterocycles. The molecule has 168 valence electrons. The van der Waals surface area contributed by atoms with Crippen LogP contribution in [0.25, 0.3) is 0 Å². The molecule has 32 heavy (non-hydrogen) atoms. The van der Waals surface area contributed by atoms with Crippen LogP contribution < -0.4 is 15.0 Å². The zero-order valence-electron chi connectivity index (χ0n) is 17.8. The van der Waals surface area contributed by atoms with Crippen molar-refractivity contribution in [2.45, 2.75) is 6.04 Å². The van der Waals surface area contributed by atoms with E-state index in [2.05, 4.69) is 15.1 Å². The van der Waals surface area contributed by atoms with Crippen LogP contribution >= 0.6 is 0 Å². The van der Waals surface area contributed by atoms with Gasteiger partial charge in [0.1, 0.15) is 11.5 Å². The number of amides is 1. The quantitative estimate of drug-likeness (QED) is 0.604. The van der Waals surface area contributed by atoms with Crippen molar-refractivity contribution in [2.24, 2.45) is 0 Å². The molecule has 0 spiro atoms. The molecule has 0 saturated carbocycles. The Morgan fingerprint density at radius 1 is 1.06 bits per heavy atom. The summed E-state index contributed by atoms with van der Waals surface area (Å²) in [7, 11) is 1.65. The van der Waals surface area contributed by atoms with Crippen molar-refractivity contribution in [3.63, 3.8) is 0 Å². The second-order valence-corrected chi connectivity index (χ2v) is 7.59. The fourth-order valence-corrected chi connectivity index (χ4v) is 3.90. The van der Waals surface area contributed by atoms with E-state index in [-0.39, 0.29) is 18.2 Å². The number of methoxy groups -OCH3 is 1. The van der Waals surface area contributed by atoms with Crippen LogP contribution in [0, 0.1) is 11.6 Å². The zero-order chi connectivity index (χ0) is 22.5. The molecule has 0 radical (unpaired) electrons. The minimum atomic E-state index is -1.05. The highest BCUT2D eigenvalue weighted by Gasteiger charge is 2.27. The van der Waals surface area contributed by atoms with E-state index in [0.29, 0.717) is 0 Å². The van der Waals surface area contributed by atoms with Crippen molar-refractivity contribution in [3.05, 3.63) is 83.8 Å². The molecule has 8 heteroatoms. The van der Waals surface area contributed by atoms with Gasteiger partial charge in [0.05, 0.1) is 19.4 Å². The standard InChI is InChI=1S/C24H25F2N3O3/c1-31-19-7-5-18(6-8-19)28-10-12-29(13-11-28)22(23-3-2-14-32-23)16-27-24(30)17-4-9-20(25)21(26)15-17/h2-9,14-15,22H,10-13,16H2,1H3,(H,27,30)/t22-/m1/s1. The van der Waals surface area contributed by atoms with Gasteiger partial charge in [-0.25, -0.2) is 8.78 Å². The van der Waals surface area contributed by atoms with Crippen molar-refractivity contribution >= 4 is 11.6 Å². The third-order valence-corrected chi connectivity index (χ3v) is 5.70. The number of nitrogens with one attached hydrogen (secondary N) is 1. The maximum atomic E-state index is 13.5. The van der Waals surface area contributed by atoms with E-state index in [9.17, 15) is 13.6 Å². The largest absolute Gasteiger partial charge is 0.497 e. The molecule has 3 aromatic rings. The lowest BCUT2D eigenvalue weighted by atomic mass is 10.1. The normalized spacial score (nSPS) is 15.4. The van der Waals surface area contributed by atoms with Crippen LogP contribution in [-0.2, 0) is 0 Å². The van der Waals surface area contributed by atoms with Crippen LogP contribution in [0.3, 0.4) is 0 Å². The van der Waals surface area contributed by atoms with Gasteiger partial charge < -0.3 is 19.4 Å². The van der Waals surface area contributed by atoms with Gasteiger partial charge in [-0.15, -0.1) is 0 Å². The van der Waals surface area contributed by atoms with E-state index < -0.39 is 17.5 Å². The van der Waals surface area contributed by atoms with E-state index >= 15 is 0 Å². The van der Waals surface area contributed by atoms with Crippen molar-refractivity contribution in [2.75, 3.05) is 44.7 Å². The maximum absolute atomic E-state index is 13.5. The molecule has 1 fully saturated rings. The molecular weight excluding hydrogens is 416 g/mol. The number of anilines is 1. The lowest BCUT2D eigenvalue weighted by Crippen LogP contribution is -2.49. The monoisotopic (exact) mass is 441 g/mol. The topological polar surface area (TPSA) is 58.0 Å². The fraction of sp³-hybridized carbons (Fsp3) is 0.292. The minimum Gasteiger partial charge on any atom is -0.497 e. The fourth-order valence-electron chi connectivity index (χ4n) is 3.90. The Balaban J connectivity index is 1.40. The summed E-state index contributed by atoms with van der Waals surface area (Å²) in [5.41, 5.74) is 1.21. The molecule has 1 aliphatic rings. The summed E-state index contributed by atoms with van der Waals surface area (Å²) < 4.78 is 37.5. The highest BCUT2D eigenvalue weighted by Crippen LogP contribution is 2.25. The molecule has 6 nitrogen and oxygen atoms in total. The average Bonchev–Trinajstić information content (AvgIpc) is 3.36. The number of carbonyl (C=O) groups excluding carboxylic acids is 1. The van der Waals surface area contributed by atoms with Crippen LogP contribution in [0.5, 0.6) is 5.75 Å². The summed E-state index contributed by atoms with van der Waals surface area (Å²) in [6.07, 6.45) is 1.60. The third kappa shape index (κ3) is 4.91. The molecule has 2 heterocycles. The predicted octanol–water partition coefficient (Wildman–Crippen LogP) is 3.86. The number of hydrogen-bond acceptors (Lipinski definition) is 5. The van der Waals surface area contributed by atoms with E-state index in [0.717, 1.165) is 55.5 Å². The summed E-state index contributed by atoms with van der Waals surface area (Å²) in [5.74, 6) is -0.924. The Morgan fingerprint density at radius 2 is 1.81 bits per heavy atom. The Kier molecular flexibility index (Phi) is 6.70. The Hall–Kier alpha value is -3.39. The molecule has 1 saturated heterocycles. The molecule has 1 amide bonds. The second kappa shape index (κ2) is 9.82.